The smallest absolute Gasteiger partial charge is 0.215 e. The molecule has 0 saturated carbocycles. The summed E-state index contributed by atoms with van der Waals surface area (Å²) in [4.78, 5) is 9.36. The third-order valence-electron chi connectivity index (χ3n) is 3.97. The van der Waals surface area contributed by atoms with E-state index in [0.29, 0.717) is 36.2 Å². The van der Waals surface area contributed by atoms with E-state index in [4.69, 9.17) is 9.84 Å². The summed E-state index contributed by atoms with van der Waals surface area (Å²) in [5.41, 5.74) is 2.19. The van der Waals surface area contributed by atoms with E-state index >= 15 is 0 Å². The molecule has 3 aromatic heterocycles. The summed E-state index contributed by atoms with van der Waals surface area (Å²) in [6.45, 7) is 7.38. The van der Waals surface area contributed by atoms with Gasteiger partial charge in [-0.3, -0.25) is 4.40 Å². The molecule has 0 radical (unpaired) electrons. The SMILES string of the molecule is CCOc1cc2ncc(-c3cc(F)nc(NCCCO)c3)n2cc1SC(C)C. The molecule has 2 N–H and O–H groups in total. The second kappa shape index (κ2) is 9.25. The van der Waals surface area contributed by atoms with Crippen molar-refractivity contribution >= 4 is 23.2 Å². The molecule has 3 heterocycles. The van der Waals surface area contributed by atoms with Crippen molar-refractivity contribution in [3.05, 3.63) is 36.5 Å². The summed E-state index contributed by atoms with van der Waals surface area (Å²) < 4.78 is 21.8. The Labute approximate surface area is 168 Å². The van der Waals surface area contributed by atoms with E-state index in [0.717, 1.165) is 22.0 Å². The Hall–Kier alpha value is -2.32. The number of thioether (sulfide) groups is 1. The summed E-state index contributed by atoms with van der Waals surface area (Å²) in [5.74, 6) is 0.667. The number of rotatable bonds is 9. The fourth-order valence-electron chi connectivity index (χ4n) is 2.84. The lowest BCUT2D eigenvalue weighted by atomic mass is 10.2. The number of hydrogen-bond donors (Lipinski definition) is 2. The molecule has 8 heteroatoms. The van der Waals surface area contributed by atoms with E-state index in [-0.39, 0.29) is 6.61 Å². The van der Waals surface area contributed by atoms with Gasteiger partial charge in [-0.05, 0) is 19.4 Å². The Bertz CT molecular complexity index is 945. The number of aliphatic hydroxyl groups is 1. The Morgan fingerprint density at radius 1 is 1.32 bits per heavy atom. The molecule has 0 spiro atoms. The molecule has 0 bridgehead atoms. The van der Waals surface area contributed by atoms with E-state index in [1.165, 1.54) is 6.07 Å². The van der Waals surface area contributed by atoms with Gasteiger partial charge >= 0.3 is 0 Å². The van der Waals surface area contributed by atoms with Gasteiger partial charge in [0, 0.05) is 42.3 Å². The third-order valence-corrected chi connectivity index (χ3v) is 5.00. The predicted octanol–water partition coefficient (Wildman–Crippen LogP) is 4.23. The zero-order chi connectivity index (χ0) is 20.1. The van der Waals surface area contributed by atoms with Crippen LogP contribution in [0.5, 0.6) is 5.75 Å². The van der Waals surface area contributed by atoms with E-state index in [1.807, 2.05) is 23.6 Å². The average molecular weight is 405 g/mol. The number of ether oxygens (including phenoxy) is 1. The maximum absolute atomic E-state index is 14.1. The highest BCUT2D eigenvalue weighted by Gasteiger charge is 2.14. The summed E-state index contributed by atoms with van der Waals surface area (Å²) in [5, 5.41) is 12.3. The monoisotopic (exact) mass is 404 g/mol. The highest BCUT2D eigenvalue weighted by molar-refractivity contribution is 8.00. The van der Waals surface area contributed by atoms with Crippen LogP contribution in [0.1, 0.15) is 27.2 Å². The topological polar surface area (TPSA) is 71.7 Å². The first-order valence-corrected chi connectivity index (χ1v) is 10.2. The number of hydrogen-bond acceptors (Lipinski definition) is 6. The summed E-state index contributed by atoms with van der Waals surface area (Å²) >= 11 is 1.71. The van der Waals surface area contributed by atoms with E-state index in [1.54, 1.807) is 24.0 Å². The van der Waals surface area contributed by atoms with Crippen molar-refractivity contribution < 1.29 is 14.2 Å². The highest BCUT2D eigenvalue weighted by Crippen LogP contribution is 2.35. The largest absolute Gasteiger partial charge is 0.493 e. The molecule has 0 atom stereocenters. The fraction of sp³-hybridized carbons (Fsp3) is 0.400. The number of halogens is 1. The van der Waals surface area contributed by atoms with Gasteiger partial charge in [0.2, 0.25) is 5.95 Å². The van der Waals surface area contributed by atoms with Gasteiger partial charge in [-0.2, -0.15) is 4.39 Å². The normalized spacial score (nSPS) is 11.4. The van der Waals surface area contributed by atoms with E-state index < -0.39 is 5.95 Å². The number of anilines is 1. The van der Waals surface area contributed by atoms with Gasteiger partial charge in [0.25, 0.3) is 0 Å². The summed E-state index contributed by atoms with van der Waals surface area (Å²) in [6.07, 6.45) is 4.28. The molecule has 0 amide bonds. The molecular weight excluding hydrogens is 379 g/mol. The summed E-state index contributed by atoms with van der Waals surface area (Å²) in [7, 11) is 0. The fourth-order valence-corrected chi connectivity index (χ4v) is 3.75. The number of fused-ring (bicyclic) bond motifs is 1. The summed E-state index contributed by atoms with van der Waals surface area (Å²) in [6, 6.07) is 5.09. The lowest BCUT2D eigenvalue weighted by Gasteiger charge is -2.13. The zero-order valence-corrected chi connectivity index (χ0v) is 17.1. The molecule has 150 valence electrons. The molecule has 0 aliphatic heterocycles. The van der Waals surface area contributed by atoms with Crippen molar-refractivity contribution in [3.8, 4) is 17.0 Å². The van der Waals surface area contributed by atoms with Crippen LogP contribution in [0, 0.1) is 5.95 Å². The number of aromatic nitrogens is 3. The second-order valence-corrected chi connectivity index (χ2v) is 8.16. The average Bonchev–Trinajstić information content (AvgIpc) is 3.04. The van der Waals surface area contributed by atoms with Crippen molar-refractivity contribution in [1.29, 1.82) is 0 Å². The van der Waals surface area contributed by atoms with Gasteiger partial charge in [-0.15, -0.1) is 11.8 Å². The predicted molar refractivity (Wildman–Crippen MR) is 111 cm³/mol. The molecular formula is C20H25FN4O2S. The minimum absolute atomic E-state index is 0.0703. The maximum Gasteiger partial charge on any atom is 0.215 e. The lowest BCUT2D eigenvalue weighted by molar-refractivity contribution is 0.292. The van der Waals surface area contributed by atoms with Gasteiger partial charge in [0.05, 0.1) is 23.4 Å². The van der Waals surface area contributed by atoms with Crippen molar-refractivity contribution in [2.45, 2.75) is 37.3 Å². The molecule has 6 nitrogen and oxygen atoms in total. The highest BCUT2D eigenvalue weighted by atomic mass is 32.2. The Morgan fingerprint density at radius 3 is 2.86 bits per heavy atom. The van der Waals surface area contributed by atoms with E-state index in [2.05, 4.69) is 29.1 Å². The molecule has 0 aliphatic rings. The van der Waals surface area contributed by atoms with Crippen molar-refractivity contribution in [2.24, 2.45) is 0 Å². The van der Waals surface area contributed by atoms with Crippen molar-refractivity contribution in [3.63, 3.8) is 0 Å². The Kier molecular flexibility index (Phi) is 6.74. The zero-order valence-electron chi connectivity index (χ0n) is 16.3. The van der Waals surface area contributed by atoms with Crippen LogP contribution in [0.4, 0.5) is 10.2 Å². The van der Waals surface area contributed by atoms with Crippen LogP contribution in [0.25, 0.3) is 16.9 Å². The molecule has 0 saturated heterocycles. The number of imidazole rings is 1. The maximum atomic E-state index is 14.1. The third kappa shape index (κ3) is 4.74. The van der Waals surface area contributed by atoms with Crippen LogP contribution >= 0.6 is 11.8 Å². The second-order valence-electron chi connectivity index (χ2n) is 6.54. The van der Waals surface area contributed by atoms with Crippen molar-refractivity contribution in [1.82, 2.24) is 14.4 Å². The molecule has 0 aliphatic carbocycles. The molecule has 0 aromatic carbocycles. The van der Waals surface area contributed by atoms with Gasteiger partial charge in [-0.1, -0.05) is 13.8 Å². The van der Waals surface area contributed by atoms with E-state index in [9.17, 15) is 4.39 Å². The number of aliphatic hydroxyl groups excluding tert-OH is 1. The number of nitrogens with one attached hydrogen (secondary N) is 1. The number of nitrogens with zero attached hydrogens (tertiary/aromatic N) is 3. The van der Waals surface area contributed by atoms with Gasteiger partial charge < -0.3 is 15.2 Å². The van der Waals surface area contributed by atoms with Crippen LogP contribution in [0.3, 0.4) is 0 Å². The first-order chi connectivity index (χ1) is 13.5. The standard InChI is InChI=1S/C20H25FN4O2S/c1-4-27-16-10-20-23-11-15(25(20)12-17(16)28-13(2)3)14-8-18(21)24-19(9-14)22-6-5-7-26/h8-13,26H,4-7H2,1-3H3,(H,22,24). The van der Waals surface area contributed by atoms with Gasteiger partial charge in [0.1, 0.15) is 17.2 Å². The van der Waals surface area contributed by atoms with Crippen LogP contribution in [0.2, 0.25) is 0 Å². The minimum atomic E-state index is -0.568. The molecule has 3 rings (SSSR count). The molecule has 3 aromatic rings. The molecule has 0 fully saturated rings. The first kappa shape index (κ1) is 20.4. The Morgan fingerprint density at radius 2 is 2.14 bits per heavy atom. The molecule has 0 unspecified atom stereocenters. The lowest BCUT2D eigenvalue weighted by Crippen LogP contribution is -2.06. The van der Waals surface area contributed by atoms with Gasteiger partial charge in [-0.25, -0.2) is 9.97 Å². The van der Waals surface area contributed by atoms with Crippen molar-refractivity contribution in [2.75, 3.05) is 25.1 Å². The van der Waals surface area contributed by atoms with Crippen LogP contribution < -0.4 is 10.1 Å². The van der Waals surface area contributed by atoms with Crippen LogP contribution in [-0.2, 0) is 0 Å². The minimum Gasteiger partial charge on any atom is -0.493 e. The number of pyridine rings is 2. The first-order valence-electron chi connectivity index (χ1n) is 9.35. The van der Waals surface area contributed by atoms with Gasteiger partial charge in [0.15, 0.2) is 0 Å². The van der Waals surface area contributed by atoms with Crippen LogP contribution in [-0.4, -0.2) is 44.5 Å². The molecule has 28 heavy (non-hydrogen) atoms. The van der Waals surface area contributed by atoms with Crippen LogP contribution in [0.15, 0.2) is 35.5 Å². The Balaban J connectivity index is 2.03. The quantitative estimate of drug-likeness (QED) is 0.316.